The molecule has 0 atom stereocenters. The van der Waals surface area contributed by atoms with E-state index >= 15 is 0 Å². The van der Waals surface area contributed by atoms with Gasteiger partial charge in [0.2, 0.25) is 0 Å². The SMILES string of the molecule is c1ccc(-n2c3ccccc3c3cc(-c4ccc(N(c5ccc(-c6ccccc6-n6c7ccccc7c7ccccc76)cc5)c5ccc(-c6ccc7ccccc7c6)c6sc7ccccc7c56)cc4)ccc32)cc1. The van der Waals surface area contributed by atoms with Crippen LogP contribution in [0.2, 0.25) is 0 Å². The first-order valence-corrected chi connectivity index (χ1v) is 26.1. The minimum atomic E-state index is 1.08. The second kappa shape index (κ2) is 17.1. The molecule has 346 valence electrons. The molecule has 0 saturated carbocycles. The average Bonchev–Trinajstić information content (AvgIpc) is 4.16. The zero-order valence-corrected chi connectivity index (χ0v) is 41.0. The molecule has 0 unspecified atom stereocenters. The van der Waals surface area contributed by atoms with Gasteiger partial charge in [0.25, 0.3) is 0 Å². The summed E-state index contributed by atoms with van der Waals surface area (Å²) in [5, 5.41) is 9.99. The quantitative estimate of drug-likeness (QED) is 0.148. The van der Waals surface area contributed by atoms with Gasteiger partial charge in [-0.15, -0.1) is 11.3 Å². The molecule has 0 radical (unpaired) electrons. The fourth-order valence-electron chi connectivity index (χ4n) is 11.7. The maximum Gasteiger partial charge on any atom is 0.0555 e. The van der Waals surface area contributed by atoms with Crippen molar-refractivity contribution in [1.82, 2.24) is 9.13 Å². The Morgan fingerprint density at radius 2 is 0.851 bits per heavy atom. The summed E-state index contributed by atoms with van der Waals surface area (Å²) >= 11 is 1.88. The lowest BCUT2D eigenvalue weighted by molar-refractivity contribution is 1.18. The monoisotopic (exact) mass is 959 g/mol. The largest absolute Gasteiger partial charge is 0.310 e. The summed E-state index contributed by atoms with van der Waals surface area (Å²) < 4.78 is 7.36. The van der Waals surface area contributed by atoms with Crippen molar-refractivity contribution in [3.05, 3.63) is 273 Å². The molecule has 3 aromatic heterocycles. The summed E-state index contributed by atoms with van der Waals surface area (Å²) in [7, 11) is 0. The standard InChI is InChI=1S/C70H45N3S/c1-2-18-52(19-3-1)72-63-26-12-9-23-59(63)61-45-50(36-42-66(61)72)47-32-37-53(38-33-47)71(67-43-41-56(51-31-30-46-16-4-5-17-49(46)44-51)70-69(67)60-24-10-15-29-68(60)74-70)54-39-34-48(35-40-54)55-20-6-11-25-62(55)73-64-27-13-7-21-57(64)58-22-8-14-28-65(58)73/h1-45H. The van der Waals surface area contributed by atoms with Crippen molar-refractivity contribution in [3.8, 4) is 44.8 Å². The van der Waals surface area contributed by atoms with E-state index < -0.39 is 0 Å². The van der Waals surface area contributed by atoms with Crippen molar-refractivity contribution in [2.45, 2.75) is 0 Å². The van der Waals surface area contributed by atoms with Crippen molar-refractivity contribution >= 4 is 103 Å². The summed E-state index contributed by atoms with van der Waals surface area (Å²) in [6.07, 6.45) is 0. The van der Waals surface area contributed by atoms with E-state index in [-0.39, 0.29) is 0 Å². The zero-order chi connectivity index (χ0) is 48.7. The molecule has 0 bridgehead atoms. The Balaban J connectivity index is 0.893. The third-order valence-corrected chi connectivity index (χ3v) is 16.3. The van der Waals surface area contributed by atoms with E-state index in [2.05, 4.69) is 287 Å². The van der Waals surface area contributed by atoms with Crippen molar-refractivity contribution in [1.29, 1.82) is 0 Å². The van der Waals surface area contributed by atoms with Crippen LogP contribution in [0.4, 0.5) is 17.1 Å². The van der Waals surface area contributed by atoms with E-state index in [0.717, 1.165) is 34.0 Å². The number of rotatable bonds is 8. The molecule has 0 saturated heterocycles. The van der Waals surface area contributed by atoms with Crippen LogP contribution in [0.15, 0.2) is 273 Å². The third kappa shape index (κ3) is 6.73. The van der Waals surface area contributed by atoms with E-state index in [9.17, 15) is 0 Å². The number of fused-ring (bicyclic) bond motifs is 10. The van der Waals surface area contributed by atoms with E-state index in [1.54, 1.807) is 0 Å². The van der Waals surface area contributed by atoms with Crippen molar-refractivity contribution < 1.29 is 0 Å². The maximum absolute atomic E-state index is 2.47. The van der Waals surface area contributed by atoms with Gasteiger partial charge in [0.05, 0.1) is 33.4 Å². The van der Waals surface area contributed by atoms with Crippen molar-refractivity contribution in [2.24, 2.45) is 0 Å². The van der Waals surface area contributed by atoms with E-state index in [1.807, 2.05) is 11.3 Å². The Bertz CT molecular complexity index is 4600. The van der Waals surface area contributed by atoms with Gasteiger partial charge in [0.15, 0.2) is 0 Å². The highest BCUT2D eigenvalue weighted by Crippen LogP contribution is 2.49. The van der Waals surface area contributed by atoms with Gasteiger partial charge in [-0.1, -0.05) is 182 Å². The van der Waals surface area contributed by atoms with Crippen LogP contribution in [-0.4, -0.2) is 9.13 Å². The predicted octanol–water partition coefficient (Wildman–Crippen LogP) is 19.9. The highest BCUT2D eigenvalue weighted by Gasteiger charge is 2.23. The average molecular weight is 960 g/mol. The van der Waals surface area contributed by atoms with E-state index in [4.69, 9.17) is 0 Å². The second-order valence-electron chi connectivity index (χ2n) is 19.2. The topological polar surface area (TPSA) is 13.1 Å². The highest BCUT2D eigenvalue weighted by molar-refractivity contribution is 7.26. The third-order valence-electron chi connectivity index (χ3n) is 15.1. The first kappa shape index (κ1) is 42.2. The maximum atomic E-state index is 2.47. The first-order valence-electron chi connectivity index (χ1n) is 25.3. The fourth-order valence-corrected chi connectivity index (χ4v) is 13.0. The van der Waals surface area contributed by atoms with Crippen LogP contribution in [0, 0.1) is 0 Å². The van der Waals surface area contributed by atoms with Gasteiger partial charge < -0.3 is 14.0 Å². The van der Waals surface area contributed by atoms with Crippen LogP contribution in [0.25, 0.3) is 119 Å². The van der Waals surface area contributed by atoms with Crippen LogP contribution in [0.3, 0.4) is 0 Å². The molecule has 3 heterocycles. The minimum Gasteiger partial charge on any atom is -0.310 e. The molecule has 12 aromatic carbocycles. The lowest BCUT2D eigenvalue weighted by atomic mass is 9.97. The lowest BCUT2D eigenvalue weighted by Gasteiger charge is -2.27. The Kier molecular flexibility index (Phi) is 9.75. The number of aromatic nitrogens is 2. The van der Waals surface area contributed by atoms with E-state index in [0.29, 0.717) is 0 Å². The summed E-state index contributed by atoms with van der Waals surface area (Å²) in [4.78, 5) is 2.47. The Morgan fingerprint density at radius 1 is 0.311 bits per heavy atom. The molecule has 0 N–H and O–H groups in total. The Hall–Kier alpha value is -9.48. The summed E-state index contributed by atoms with van der Waals surface area (Å²) in [6, 6.07) is 100. The summed E-state index contributed by atoms with van der Waals surface area (Å²) in [5.41, 5.74) is 17.6. The number of hydrogen-bond acceptors (Lipinski definition) is 2. The lowest BCUT2D eigenvalue weighted by Crippen LogP contribution is -2.10. The van der Waals surface area contributed by atoms with Gasteiger partial charge in [0, 0.05) is 64.3 Å². The number of para-hydroxylation sites is 5. The molecule has 74 heavy (non-hydrogen) atoms. The summed E-state index contributed by atoms with van der Waals surface area (Å²) in [5.74, 6) is 0. The first-order chi connectivity index (χ1) is 36.7. The number of hydrogen-bond donors (Lipinski definition) is 0. The Labute approximate surface area is 432 Å². The molecular formula is C70H45N3S. The highest BCUT2D eigenvalue weighted by atomic mass is 32.1. The van der Waals surface area contributed by atoms with Crippen molar-refractivity contribution in [3.63, 3.8) is 0 Å². The Morgan fingerprint density at radius 3 is 1.58 bits per heavy atom. The van der Waals surface area contributed by atoms with Gasteiger partial charge in [-0.3, -0.25) is 0 Å². The fraction of sp³-hybridized carbons (Fsp3) is 0. The number of anilines is 3. The van der Waals surface area contributed by atoms with Crippen LogP contribution in [0.1, 0.15) is 0 Å². The molecule has 15 aromatic rings. The van der Waals surface area contributed by atoms with Gasteiger partial charge in [0.1, 0.15) is 0 Å². The van der Waals surface area contributed by atoms with Crippen LogP contribution in [0.5, 0.6) is 0 Å². The van der Waals surface area contributed by atoms with Crippen LogP contribution in [-0.2, 0) is 0 Å². The van der Waals surface area contributed by atoms with Gasteiger partial charge in [-0.2, -0.15) is 0 Å². The van der Waals surface area contributed by atoms with Gasteiger partial charge in [-0.05, 0) is 130 Å². The molecule has 0 aliphatic rings. The molecule has 15 rings (SSSR count). The second-order valence-corrected chi connectivity index (χ2v) is 20.3. The van der Waals surface area contributed by atoms with Crippen LogP contribution >= 0.6 is 11.3 Å². The number of thiophene rings is 1. The smallest absolute Gasteiger partial charge is 0.0555 e. The molecule has 0 aliphatic heterocycles. The molecule has 3 nitrogen and oxygen atoms in total. The minimum absolute atomic E-state index is 1.08. The molecular weight excluding hydrogens is 915 g/mol. The van der Waals surface area contributed by atoms with Gasteiger partial charge >= 0.3 is 0 Å². The predicted molar refractivity (Wildman–Crippen MR) is 317 cm³/mol. The summed E-state index contributed by atoms with van der Waals surface area (Å²) in [6.45, 7) is 0. The normalized spacial score (nSPS) is 11.8. The van der Waals surface area contributed by atoms with Crippen molar-refractivity contribution in [2.75, 3.05) is 4.90 Å². The molecule has 0 aliphatic carbocycles. The number of benzene rings is 12. The van der Waals surface area contributed by atoms with Crippen LogP contribution < -0.4 is 4.90 Å². The molecule has 0 fully saturated rings. The molecule has 0 amide bonds. The van der Waals surface area contributed by atoms with E-state index in [1.165, 1.54) is 102 Å². The molecule has 0 spiro atoms. The molecule has 4 heteroatoms. The number of nitrogens with zero attached hydrogens (tertiary/aromatic N) is 3. The zero-order valence-electron chi connectivity index (χ0n) is 40.2. The van der Waals surface area contributed by atoms with Gasteiger partial charge in [-0.25, -0.2) is 0 Å².